The van der Waals surface area contributed by atoms with Gasteiger partial charge in [-0.05, 0) is 38.1 Å². The second-order valence-corrected chi connectivity index (χ2v) is 6.77. The Labute approximate surface area is 158 Å². The highest BCUT2D eigenvalue weighted by Crippen LogP contribution is 2.35. The highest BCUT2D eigenvalue weighted by molar-refractivity contribution is 6.11. The molecule has 0 unspecified atom stereocenters. The standard InChI is InChI=1S/C20H23N3O4/c1-20(2)19(25)23(16-8-6-5-7-14(16)22-20)12-18(24)21-15-10-9-13(26-3)11-17(15)27-4/h5-11,22H,12H2,1-4H3,(H,21,24). The van der Waals surface area contributed by atoms with E-state index < -0.39 is 5.54 Å². The number of rotatable bonds is 5. The molecule has 3 rings (SSSR count). The second-order valence-electron chi connectivity index (χ2n) is 6.77. The van der Waals surface area contributed by atoms with Gasteiger partial charge in [0.2, 0.25) is 5.91 Å². The van der Waals surface area contributed by atoms with Gasteiger partial charge in [-0.3, -0.25) is 14.5 Å². The molecule has 2 aromatic rings. The Hall–Kier alpha value is -3.22. The molecule has 0 radical (unpaired) electrons. The summed E-state index contributed by atoms with van der Waals surface area (Å²) < 4.78 is 10.5. The highest BCUT2D eigenvalue weighted by atomic mass is 16.5. The molecule has 0 spiro atoms. The molecule has 7 heteroatoms. The van der Waals surface area contributed by atoms with Crippen LogP contribution in [0.25, 0.3) is 0 Å². The molecule has 142 valence electrons. The third-order valence-electron chi connectivity index (χ3n) is 4.41. The summed E-state index contributed by atoms with van der Waals surface area (Å²) >= 11 is 0. The summed E-state index contributed by atoms with van der Waals surface area (Å²) in [4.78, 5) is 27.0. The van der Waals surface area contributed by atoms with Crippen LogP contribution < -0.4 is 25.0 Å². The van der Waals surface area contributed by atoms with Crippen molar-refractivity contribution >= 4 is 28.9 Å². The summed E-state index contributed by atoms with van der Waals surface area (Å²) in [6.45, 7) is 3.49. The number of carbonyl (C=O) groups excluding carboxylic acids is 2. The van der Waals surface area contributed by atoms with Crippen molar-refractivity contribution in [2.45, 2.75) is 19.4 Å². The number of carbonyl (C=O) groups is 2. The van der Waals surface area contributed by atoms with Crippen molar-refractivity contribution in [3.63, 3.8) is 0 Å². The number of fused-ring (bicyclic) bond motifs is 1. The van der Waals surface area contributed by atoms with Gasteiger partial charge in [-0.25, -0.2) is 0 Å². The lowest BCUT2D eigenvalue weighted by molar-refractivity contribution is -0.124. The van der Waals surface area contributed by atoms with Gasteiger partial charge in [0.15, 0.2) is 0 Å². The molecule has 0 saturated carbocycles. The Bertz CT molecular complexity index is 879. The molecule has 0 fully saturated rings. The molecular formula is C20H23N3O4. The maximum atomic E-state index is 12.8. The first-order chi connectivity index (χ1) is 12.9. The maximum Gasteiger partial charge on any atom is 0.252 e. The molecule has 0 atom stereocenters. The van der Waals surface area contributed by atoms with Gasteiger partial charge in [-0.2, -0.15) is 0 Å². The Morgan fingerprint density at radius 3 is 2.59 bits per heavy atom. The minimum atomic E-state index is -0.799. The molecular weight excluding hydrogens is 346 g/mol. The van der Waals surface area contributed by atoms with E-state index in [1.54, 1.807) is 39.2 Å². The van der Waals surface area contributed by atoms with Crippen LogP contribution in [-0.4, -0.2) is 38.1 Å². The van der Waals surface area contributed by atoms with E-state index in [9.17, 15) is 9.59 Å². The van der Waals surface area contributed by atoms with Crippen LogP contribution in [-0.2, 0) is 9.59 Å². The van der Waals surface area contributed by atoms with E-state index in [0.717, 1.165) is 5.69 Å². The van der Waals surface area contributed by atoms with Crippen molar-refractivity contribution in [3.8, 4) is 11.5 Å². The first kappa shape index (κ1) is 18.6. The number of ether oxygens (including phenoxy) is 2. The number of para-hydroxylation sites is 2. The summed E-state index contributed by atoms with van der Waals surface area (Å²) in [5.74, 6) is 0.616. The van der Waals surface area contributed by atoms with Crippen molar-refractivity contribution in [1.29, 1.82) is 0 Å². The fraction of sp³-hybridized carbons (Fsp3) is 0.300. The first-order valence-electron chi connectivity index (χ1n) is 8.57. The minimum Gasteiger partial charge on any atom is -0.497 e. The molecule has 0 saturated heterocycles. The van der Waals surface area contributed by atoms with Crippen molar-refractivity contribution < 1.29 is 19.1 Å². The summed E-state index contributed by atoms with van der Waals surface area (Å²) in [5.41, 5.74) is 1.21. The maximum absolute atomic E-state index is 12.8. The largest absolute Gasteiger partial charge is 0.497 e. The number of hydrogen-bond acceptors (Lipinski definition) is 5. The average Bonchev–Trinajstić information content (AvgIpc) is 2.65. The third kappa shape index (κ3) is 3.67. The summed E-state index contributed by atoms with van der Waals surface area (Å²) in [7, 11) is 3.07. The molecule has 1 aliphatic rings. The molecule has 2 aromatic carbocycles. The fourth-order valence-corrected chi connectivity index (χ4v) is 3.04. The monoisotopic (exact) mass is 369 g/mol. The van der Waals surface area contributed by atoms with Crippen molar-refractivity contribution in [1.82, 2.24) is 0 Å². The van der Waals surface area contributed by atoms with Crippen LogP contribution in [0.3, 0.4) is 0 Å². The number of benzene rings is 2. The van der Waals surface area contributed by atoms with E-state index in [4.69, 9.17) is 9.47 Å². The van der Waals surface area contributed by atoms with Crippen LogP contribution in [0.15, 0.2) is 42.5 Å². The van der Waals surface area contributed by atoms with Gasteiger partial charge >= 0.3 is 0 Å². The van der Waals surface area contributed by atoms with Gasteiger partial charge < -0.3 is 20.1 Å². The Balaban J connectivity index is 1.82. The van der Waals surface area contributed by atoms with E-state index in [1.807, 2.05) is 24.3 Å². The zero-order chi connectivity index (χ0) is 19.6. The lowest BCUT2D eigenvalue weighted by atomic mass is 9.98. The van der Waals surface area contributed by atoms with E-state index in [1.165, 1.54) is 12.0 Å². The summed E-state index contributed by atoms with van der Waals surface area (Å²) in [5, 5.41) is 6.02. The molecule has 1 heterocycles. The van der Waals surface area contributed by atoms with Crippen LogP contribution in [0.1, 0.15) is 13.8 Å². The predicted molar refractivity (Wildman–Crippen MR) is 105 cm³/mol. The van der Waals surface area contributed by atoms with Gasteiger partial charge in [-0.1, -0.05) is 12.1 Å². The van der Waals surface area contributed by atoms with Crippen molar-refractivity contribution in [3.05, 3.63) is 42.5 Å². The molecule has 27 heavy (non-hydrogen) atoms. The number of anilines is 3. The number of methoxy groups -OCH3 is 2. The van der Waals surface area contributed by atoms with Gasteiger partial charge in [0.05, 0.1) is 31.3 Å². The van der Waals surface area contributed by atoms with Crippen molar-refractivity contribution in [2.75, 3.05) is 36.3 Å². The van der Waals surface area contributed by atoms with Crippen LogP contribution >= 0.6 is 0 Å². The van der Waals surface area contributed by atoms with Gasteiger partial charge in [0, 0.05) is 6.07 Å². The summed E-state index contributed by atoms with van der Waals surface area (Å²) in [6, 6.07) is 12.5. The Morgan fingerprint density at radius 1 is 1.15 bits per heavy atom. The highest BCUT2D eigenvalue weighted by Gasteiger charge is 2.39. The SMILES string of the molecule is COc1ccc(NC(=O)CN2C(=O)C(C)(C)Nc3ccccc32)c(OC)c1. The lowest BCUT2D eigenvalue weighted by Crippen LogP contribution is -2.55. The Kier molecular flexibility index (Phi) is 4.94. The van der Waals surface area contributed by atoms with E-state index in [0.29, 0.717) is 22.9 Å². The number of hydrogen-bond donors (Lipinski definition) is 2. The van der Waals surface area contributed by atoms with Gasteiger partial charge in [0.25, 0.3) is 5.91 Å². The first-order valence-corrected chi connectivity index (χ1v) is 8.57. The molecule has 0 aliphatic carbocycles. The predicted octanol–water partition coefficient (Wildman–Crippen LogP) is 2.88. The van der Waals surface area contributed by atoms with E-state index in [2.05, 4.69) is 10.6 Å². The third-order valence-corrected chi connectivity index (χ3v) is 4.41. The van der Waals surface area contributed by atoms with Crippen LogP contribution in [0.4, 0.5) is 17.1 Å². The number of amides is 2. The van der Waals surface area contributed by atoms with Crippen LogP contribution in [0.5, 0.6) is 11.5 Å². The fourth-order valence-electron chi connectivity index (χ4n) is 3.04. The molecule has 2 N–H and O–H groups in total. The Morgan fingerprint density at radius 2 is 1.89 bits per heavy atom. The average molecular weight is 369 g/mol. The normalized spacial score (nSPS) is 14.8. The quantitative estimate of drug-likeness (QED) is 0.847. The van der Waals surface area contributed by atoms with E-state index >= 15 is 0 Å². The van der Waals surface area contributed by atoms with Crippen LogP contribution in [0, 0.1) is 0 Å². The molecule has 0 aromatic heterocycles. The smallest absolute Gasteiger partial charge is 0.252 e. The zero-order valence-electron chi connectivity index (χ0n) is 15.8. The van der Waals surface area contributed by atoms with Gasteiger partial charge in [0.1, 0.15) is 23.6 Å². The molecule has 2 amide bonds. The van der Waals surface area contributed by atoms with Gasteiger partial charge in [-0.15, -0.1) is 0 Å². The molecule has 1 aliphatic heterocycles. The number of nitrogens with zero attached hydrogens (tertiary/aromatic N) is 1. The number of nitrogens with one attached hydrogen (secondary N) is 2. The lowest BCUT2D eigenvalue weighted by Gasteiger charge is -2.39. The molecule has 0 bridgehead atoms. The minimum absolute atomic E-state index is 0.101. The topological polar surface area (TPSA) is 79.9 Å². The molecule has 7 nitrogen and oxygen atoms in total. The zero-order valence-corrected chi connectivity index (χ0v) is 15.8. The van der Waals surface area contributed by atoms with Crippen LogP contribution in [0.2, 0.25) is 0 Å². The van der Waals surface area contributed by atoms with E-state index in [-0.39, 0.29) is 18.4 Å². The summed E-state index contributed by atoms with van der Waals surface area (Å²) in [6.07, 6.45) is 0. The second kappa shape index (κ2) is 7.19. The van der Waals surface area contributed by atoms with Crippen molar-refractivity contribution in [2.24, 2.45) is 0 Å².